The van der Waals surface area contributed by atoms with Crippen molar-refractivity contribution in [3.05, 3.63) is 105 Å². The lowest BCUT2D eigenvalue weighted by molar-refractivity contribution is 0.0949. The summed E-state index contributed by atoms with van der Waals surface area (Å²) in [4.78, 5) is 28.9. The van der Waals surface area contributed by atoms with Crippen LogP contribution in [0.4, 0.5) is 0 Å². The van der Waals surface area contributed by atoms with E-state index in [1.165, 1.54) is 22.6 Å². The fourth-order valence-electron chi connectivity index (χ4n) is 4.37. The minimum absolute atomic E-state index is 0.0238. The molecule has 184 valence electrons. The fraction of sp³-hybridized carbons (Fsp3) is 0.185. The Morgan fingerprint density at radius 1 is 1.06 bits per heavy atom. The summed E-state index contributed by atoms with van der Waals surface area (Å²) >= 11 is 0. The molecular formula is C27H25N3O5S. The van der Waals surface area contributed by atoms with Gasteiger partial charge in [-0.3, -0.25) is 9.59 Å². The Kier molecular flexibility index (Phi) is 6.34. The predicted molar refractivity (Wildman–Crippen MR) is 136 cm³/mol. The Bertz CT molecular complexity index is 1610. The van der Waals surface area contributed by atoms with Gasteiger partial charge in [0.1, 0.15) is 11.3 Å². The number of benzene rings is 3. The van der Waals surface area contributed by atoms with Crippen LogP contribution in [0.3, 0.4) is 0 Å². The van der Waals surface area contributed by atoms with E-state index in [9.17, 15) is 18.0 Å². The number of aromatic amines is 1. The molecule has 0 saturated heterocycles. The van der Waals surface area contributed by atoms with Crippen molar-refractivity contribution in [2.45, 2.75) is 24.4 Å². The average molecular weight is 504 g/mol. The predicted octanol–water partition coefficient (Wildman–Crippen LogP) is 3.21. The fourth-order valence-corrected chi connectivity index (χ4v) is 5.82. The van der Waals surface area contributed by atoms with Crippen molar-refractivity contribution in [3.63, 3.8) is 0 Å². The van der Waals surface area contributed by atoms with Gasteiger partial charge in [0.2, 0.25) is 15.5 Å². The van der Waals surface area contributed by atoms with Gasteiger partial charge >= 0.3 is 0 Å². The van der Waals surface area contributed by atoms with Crippen molar-refractivity contribution in [2.75, 3.05) is 13.7 Å². The normalized spacial score (nSPS) is 13.8. The number of hydrogen-bond donors (Lipinski definition) is 2. The molecule has 0 bridgehead atoms. The first-order valence-electron chi connectivity index (χ1n) is 11.5. The Morgan fingerprint density at radius 3 is 2.56 bits per heavy atom. The topological polar surface area (TPSA) is 109 Å². The molecule has 9 heteroatoms. The number of carbonyl (C=O) groups is 1. The quantitative estimate of drug-likeness (QED) is 0.420. The number of ether oxygens (including phenoxy) is 1. The lowest BCUT2D eigenvalue weighted by Gasteiger charge is -2.28. The zero-order valence-electron chi connectivity index (χ0n) is 19.7. The molecule has 0 spiro atoms. The van der Waals surface area contributed by atoms with Gasteiger partial charge in [0.15, 0.2) is 0 Å². The summed E-state index contributed by atoms with van der Waals surface area (Å²) in [7, 11) is -2.25. The summed E-state index contributed by atoms with van der Waals surface area (Å²) in [6.45, 7) is 0.868. The third kappa shape index (κ3) is 4.50. The van der Waals surface area contributed by atoms with Gasteiger partial charge in [0.25, 0.3) is 5.91 Å². The summed E-state index contributed by atoms with van der Waals surface area (Å²) in [6, 6.07) is 19.4. The highest BCUT2D eigenvalue weighted by Gasteiger charge is 2.28. The number of fused-ring (bicyclic) bond motifs is 2. The number of carbonyl (C=O) groups excluding carboxylic acids is 1. The number of hydrogen-bond acceptors (Lipinski definition) is 5. The van der Waals surface area contributed by atoms with Crippen molar-refractivity contribution >= 4 is 26.8 Å². The molecule has 0 saturated carbocycles. The Balaban J connectivity index is 1.40. The number of methoxy groups -OCH3 is 1. The maximum atomic E-state index is 13.4. The molecule has 4 aromatic rings. The van der Waals surface area contributed by atoms with Gasteiger partial charge in [-0.2, -0.15) is 4.31 Å². The van der Waals surface area contributed by atoms with Crippen LogP contribution in [0.25, 0.3) is 10.9 Å². The first kappa shape index (κ1) is 23.8. The summed E-state index contributed by atoms with van der Waals surface area (Å²) in [5.74, 6) is 0.158. The molecule has 0 aliphatic carbocycles. The third-order valence-corrected chi connectivity index (χ3v) is 8.28. The minimum atomic E-state index is -3.83. The number of aromatic nitrogens is 1. The van der Waals surface area contributed by atoms with Crippen molar-refractivity contribution < 1.29 is 17.9 Å². The number of nitrogens with one attached hydrogen (secondary N) is 2. The highest BCUT2D eigenvalue weighted by molar-refractivity contribution is 7.89. The van der Waals surface area contributed by atoms with Crippen LogP contribution in [-0.4, -0.2) is 37.3 Å². The summed E-state index contributed by atoms with van der Waals surface area (Å²) < 4.78 is 33.4. The van der Waals surface area contributed by atoms with E-state index in [-0.39, 0.29) is 28.9 Å². The molecule has 2 N–H and O–H groups in total. The number of rotatable bonds is 6. The Hall–Kier alpha value is -3.95. The van der Waals surface area contributed by atoms with Gasteiger partial charge in [-0.1, -0.05) is 36.4 Å². The van der Waals surface area contributed by atoms with E-state index in [1.54, 1.807) is 25.3 Å². The molecule has 8 nitrogen and oxygen atoms in total. The molecule has 36 heavy (non-hydrogen) atoms. The second-order valence-electron chi connectivity index (χ2n) is 8.63. The van der Waals surface area contributed by atoms with Crippen molar-refractivity contribution in [3.8, 4) is 5.75 Å². The largest absolute Gasteiger partial charge is 0.497 e. The van der Waals surface area contributed by atoms with Crippen molar-refractivity contribution in [1.82, 2.24) is 14.6 Å². The molecule has 0 atom stereocenters. The monoisotopic (exact) mass is 503 g/mol. The molecule has 0 unspecified atom stereocenters. The zero-order valence-corrected chi connectivity index (χ0v) is 20.5. The van der Waals surface area contributed by atoms with Crippen LogP contribution in [0.15, 0.2) is 82.6 Å². The van der Waals surface area contributed by atoms with Gasteiger partial charge in [0.05, 0.1) is 12.0 Å². The lowest BCUT2D eigenvalue weighted by atomic mass is 10.0. The van der Waals surface area contributed by atoms with E-state index in [1.807, 2.05) is 36.4 Å². The Labute approximate surface area is 208 Å². The van der Waals surface area contributed by atoms with Gasteiger partial charge in [0, 0.05) is 36.7 Å². The van der Waals surface area contributed by atoms with Crippen molar-refractivity contribution in [2.24, 2.45) is 0 Å². The number of amides is 1. The SMILES string of the molecule is COc1ccc(CNC(=O)c2c[nH]c3ccc(S(=O)(=O)N4CCc5ccccc5C4)cc3c2=O)cc1. The van der Waals surface area contributed by atoms with E-state index in [0.29, 0.717) is 24.2 Å². The first-order chi connectivity index (χ1) is 17.4. The van der Waals surface area contributed by atoms with E-state index < -0.39 is 21.4 Å². The van der Waals surface area contributed by atoms with Crippen LogP contribution in [0.1, 0.15) is 27.0 Å². The number of pyridine rings is 1. The molecule has 5 rings (SSSR count). The highest BCUT2D eigenvalue weighted by Crippen LogP contribution is 2.26. The second-order valence-corrected chi connectivity index (χ2v) is 10.6. The molecule has 1 aliphatic heterocycles. The second kappa shape index (κ2) is 9.60. The third-order valence-electron chi connectivity index (χ3n) is 6.44. The molecule has 0 radical (unpaired) electrons. The molecule has 1 aromatic heterocycles. The Morgan fingerprint density at radius 2 is 1.81 bits per heavy atom. The zero-order chi connectivity index (χ0) is 25.3. The average Bonchev–Trinajstić information content (AvgIpc) is 2.91. The van der Waals surface area contributed by atoms with Crippen LogP contribution >= 0.6 is 0 Å². The number of sulfonamides is 1. The van der Waals surface area contributed by atoms with Gasteiger partial charge in [-0.25, -0.2) is 8.42 Å². The minimum Gasteiger partial charge on any atom is -0.497 e. The summed E-state index contributed by atoms with van der Waals surface area (Å²) in [5.41, 5.74) is 2.80. The maximum Gasteiger partial charge on any atom is 0.257 e. The van der Waals surface area contributed by atoms with Gasteiger partial charge < -0.3 is 15.0 Å². The molecule has 1 amide bonds. The van der Waals surface area contributed by atoms with Crippen LogP contribution in [-0.2, 0) is 29.5 Å². The summed E-state index contributed by atoms with van der Waals surface area (Å²) in [6.07, 6.45) is 1.98. The summed E-state index contributed by atoms with van der Waals surface area (Å²) in [5, 5.41) is 2.88. The standard InChI is InChI=1S/C27H25N3O5S/c1-35-21-8-6-18(7-9-21)15-29-27(32)24-16-28-25-11-10-22(14-23(25)26(24)31)36(33,34)30-13-12-19-4-2-3-5-20(19)17-30/h2-11,14,16H,12-13,15,17H2,1H3,(H,28,31)(H,29,32). The van der Waals surface area contributed by atoms with E-state index in [0.717, 1.165) is 16.7 Å². The molecule has 2 heterocycles. The van der Waals surface area contributed by atoms with E-state index in [4.69, 9.17) is 4.74 Å². The number of nitrogens with zero attached hydrogens (tertiary/aromatic N) is 1. The molecular weight excluding hydrogens is 478 g/mol. The van der Waals surface area contributed by atoms with Gasteiger partial charge in [-0.05, 0) is 53.4 Å². The van der Waals surface area contributed by atoms with Crippen LogP contribution in [0.2, 0.25) is 0 Å². The maximum absolute atomic E-state index is 13.4. The van der Waals surface area contributed by atoms with E-state index >= 15 is 0 Å². The first-order valence-corrected chi connectivity index (χ1v) is 12.9. The van der Waals surface area contributed by atoms with Crippen LogP contribution in [0.5, 0.6) is 5.75 Å². The van der Waals surface area contributed by atoms with E-state index in [2.05, 4.69) is 10.3 Å². The number of H-pyrrole nitrogens is 1. The molecule has 1 aliphatic rings. The van der Waals surface area contributed by atoms with Gasteiger partial charge in [-0.15, -0.1) is 0 Å². The molecule has 0 fully saturated rings. The highest BCUT2D eigenvalue weighted by atomic mass is 32.2. The molecule has 3 aromatic carbocycles. The van der Waals surface area contributed by atoms with Crippen LogP contribution < -0.4 is 15.5 Å². The van der Waals surface area contributed by atoms with Crippen molar-refractivity contribution in [1.29, 1.82) is 0 Å². The lowest BCUT2D eigenvalue weighted by Crippen LogP contribution is -2.36. The van der Waals surface area contributed by atoms with Crippen LogP contribution in [0, 0.1) is 0 Å². The smallest absolute Gasteiger partial charge is 0.257 e.